The third-order valence-corrected chi connectivity index (χ3v) is 4.58. The molecule has 0 unspecified atom stereocenters. The van der Waals surface area contributed by atoms with Gasteiger partial charge in [0, 0.05) is 23.0 Å². The molecule has 0 aliphatic carbocycles. The number of nitrogens with zero attached hydrogens (tertiary/aromatic N) is 2. The van der Waals surface area contributed by atoms with Gasteiger partial charge >= 0.3 is 6.18 Å². The second-order valence-corrected chi connectivity index (χ2v) is 6.36. The second kappa shape index (κ2) is 6.97. The molecule has 2 nitrogen and oxygen atoms in total. The summed E-state index contributed by atoms with van der Waals surface area (Å²) in [5, 5.41) is 8.66. The van der Waals surface area contributed by atoms with Crippen LogP contribution in [0.1, 0.15) is 30.4 Å². The van der Waals surface area contributed by atoms with Crippen molar-refractivity contribution in [2.45, 2.75) is 32.0 Å². The fourth-order valence-corrected chi connectivity index (χ4v) is 3.19. The lowest BCUT2D eigenvalue weighted by atomic mass is 9.94. The van der Waals surface area contributed by atoms with E-state index in [1.54, 1.807) is 0 Å². The molecule has 1 heterocycles. The minimum atomic E-state index is -4.51. The summed E-state index contributed by atoms with van der Waals surface area (Å²) in [6.45, 7) is 1.49. The molecule has 22 heavy (non-hydrogen) atoms. The first-order chi connectivity index (χ1) is 10.3. The monoisotopic (exact) mass is 378 g/mol. The number of benzene rings is 1. The molecule has 7 heteroatoms. The predicted octanol–water partition coefficient (Wildman–Crippen LogP) is 4.73. The van der Waals surface area contributed by atoms with Crippen LogP contribution in [0.15, 0.2) is 16.6 Å². The highest BCUT2D eigenvalue weighted by molar-refractivity contribution is 9.10. The van der Waals surface area contributed by atoms with Gasteiger partial charge in [-0.25, -0.2) is 4.39 Å². The Hall–Kier alpha value is -1.13. The molecular formula is C15H15BrF4N2. The van der Waals surface area contributed by atoms with Crippen molar-refractivity contribution in [2.75, 3.05) is 13.1 Å². The Morgan fingerprint density at radius 2 is 1.91 bits per heavy atom. The Balaban J connectivity index is 2.09. The van der Waals surface area contributed by atoms with E-state index >= 15 is 0 Å². The third kappa shape index (κ3) is 4.20. The van der Waals surface area contributed by atoms with Crippen molar-refractivity contribution in [3.63, 3.8) is 0 Å². The molecule has 1 aromatic carbocycles. The summed E-state index contributed by atoms with van der Waals surface area (Å²) in [4.78, 5) is 1.93. The zero-order valence-electron chi connectivity index (χ0n) is 11.8. The second-order valence-electron chi connectivity index (χ2n) is 5.50. The number of alkyl halides is 3. The summed E-state index contributed by atoms with van der Waals surface area (Å²) < 4.78 is 52.3. The molecule has 0 bridgehead atoms. The molecule has 0 amide bonds. The SMILES string of the molecule is N#CCC1CCN(Cc2cc(C(F)(F)F)c(Br)cc2F)CC1. The minimum Gasteiger partial charge on any atom is -0.299 e. The van der Waals surface area contributed by atoms with Crippen LogP contribution in [0, 0.1) is 23.1 Å². The number of hydrogen-bond donors (Lipinski definition) is 0. The van der Waals surface area contributed by atoms with Crippen molar-refractivity contribution in [1.29, 1.82) is 5.26 Å². The van der Waals surface area contributed by atoms with Crippen LogP contribution in [0.3, 0.4) is 0 Å². The van der Waals surface area contributed by atoms with Crippen LogP contribution < -0.4 is 0 Å². The van der Waals surface area contributed by atoms with Crippen LogP contribution in [0.25, 0.3) is 0 Å². The molecule has 1 fully saturated rings. The van der Waals surface area contributed by atoms with Crippen LogP contribution >= 0.6 is 15.9 Å². The first kappa shape index (κ1) is 17.2. The molecule has 1 aliphatic heterocycles. The van der Waals surface area contributed by atoms with Gasteiger partial charge in [0.05, 0.1) is 11.6 Å². The maximum absolute atomic E-state index is 13.9. The first-order valence-corrected chi connectivity index (χ1v) is 7.75. The summed E-state index contributed by atoms with van der Waals surface area (Å²) in [5.74, 6) is -0.305. The molecular weight excluding hydrogens is 364 g/mol. The predicted molar refractivity (Wildman–Crippen MR) is 77.3 cm³/mol. The van der Waals surface area contributed by atoms with Gasteiger partial charge in [0.25, 0.3) is 0 Å². The molecule has 0 aromatic heterocycles. The van der Waals surface area contributed by atoms with Crippen LogP contribution in [-0.2, 0) is 12.7 Å². The van der Waals surface area contributed by atoms with Crippen molar-refractivity contribution < 1.29 is 17.6 Å². The maximum Gasteiger partial charge on any atom is 0.417 e. The van der Waals surface area contributed by atoms with Gasteiger partial charge in [0.15, 0.2) is 0 Å². The Morgan fingerprint density at radius 1 is 1.27 bits per heavy atom. The third-order valence-electron chi connectivity index (χ3n) is 3.92. The highest BCUT2D eigenvalue weighted by Gasteiger charge is 2.34. The summed E-state index contributed by atoms with van der Waals surface area (Å²) >= 11 is 2.76. The average molecular weight is 379 g/mol. The number of halogens is 5. The van der Waals surface area contributed by atoms with E-state index in [-0.39, 0.29) is 16.6 Å². The number of hydrogen-bond acceptors (Lipinski definition) is 2. The maximum atomic E-state index is 13.9. The molecule has 2 rings (SSSR count). The Bertz CT molecular complexity index is 572. The van der Waals surface area contributed by atoms with Crippen molar-refractivity contribution in [2.24, 2.45) is 5.92 Å². The average Bonchev–Trinajstić information content (AvgIpc) is 2.43. The highest BCUT2D eigenvalue weighted by atomic mass is 79.9. The van der Waals surface area contributed by atoms with E-state index in [0.29, 0.717) is 25.4 Å². The van der Waals surface area contributed by atoms with Gasteiger partial charge in [-0.3, -0.25) is 4.90 Å². The van der Waals surface area contributed by atoms with Crippen LogP contribution in [0.5, 0.6) is 0 Å². The number of piperidine rings is 1. The minimum absolute atomic E-state index is 0.0502. The summed E-state index contributed by atoms with van der Waals surface area (Å²) in [6.07, 6.45) is -2.38. The van der Waals surface area contributed by atoms with E-state index in [9.17, 15) is 17.6 Å². The lowest BCUT2D eigenvalue weighted by Crippen LogP contribution is -2.33. The smallest absolute Gasteiger partial charge is 0.299 e. The normalized spacial score (nSPS) is 17.5. The van der Waals surface area contributed by atoms with E-state index in [2.05, 4.69) is 22.0 Å². The summed E-state index contributed by atoms with van der Waals surface area (Å²) in [6, 6.07) is 3.88. The molecule has 0 atom stereocenters. The van der Waals surface area contributed by atoms with Crippen LogP contribution in [0.2, 0.25) is 0 Å². The van der Waals surface area contributed by atoms with Gasteiger partial charge in [0.1, 0.15) is 5.82 Å². The van der Waals surface area contributed by atoms with E-state index in [4.69, 9.17) is 5.26 Å². The van der Waals surface area contributed by atoms with Gasteiger partial charge in [-0.15, -0.1) is 0 Å². The molecule has 0 N–H and O–H groups in total. The van der Waals surface area contributed by atoms with Crippen molar-refractivity contribution >= 4 is 15.9 Å². The Labute approximate surface area is 134 Å². The van der Waals surface area contributed by atoms with Crippen molar-refractivity contribution in [3.05, 3.63) is 33.5 Å². The topological polar surface area (TPSA) is 27.0 Å². The van der Waals surface area contributed by atoms with Gasteiger partial charge in [-0.2, -0.15) is 18.4 Å². The zero-order valence-corrected chi connectivity index (χ0v) is 13.3. The molecule has 1 aromatic rings. The van der Waals surface area contributed by atoms with Crippen LogP contribution in [0.4, 0.5) is 17.6 Å². The van der Waals surface area contributed by atoms with Crippen molar-refractivity contribution in [3.8, 4) is 6.07 Å². The van der Waals surface area contributed by atoms with Crippen molar-refractivity contribution in [1.82, 2.24) is 4.90 Å². The fourth-order valence-electron chi connectivity index (χ4n) is 2.65. The van der Waals surface area contributed by atoms with Crippen LogP contribution in [-0.4, -0.2) is 18.0 Å². The van der Waals surface area contributed by atoms with E-state index in [1.807, 2.05) is 4.90 Å². The molecule has 0 spiro atoms. The Morgan fingerprint density at radius 3 is 2.45 bits per heavy atom. The molecule has 0 saturated carbocycles. The Kier molecular flexibility index (Phi) is 5.45. The zero-order chi connectivity index (χ0) is 16.3. The number of rotatable bonds is 3. The molecule has 1 aliphatic rings. The number of nitriles is 1. The van der Waals surface area contributed by atoms with E-state index in [1.165, 1.54) is 0 Å². The van der Waals surface area contributed by atoms with E-state index in [0.717, 1.165) is 25.0 Å². The van der Waals surface area contributed by atoms with Gasteiger partial charge in [-0.1, -0.05) is 15.9 Å². The van der Waals surface area contributed by atoms with Gasteiger partial charge in [-0.05, 0) is 44.0 Å². The summed E-state index contributed by atoms with van der Waals surface area (Å²) in [7, 11) is 0. The number of likely N-dealkylation sites (tertiary alicyclic amines) is 1. The lowest BCUT2D eigenvalue weighted by molar-refractivity contribution is -0.138. The quantitative estimate of drug-likeness (QED) is 0.710. The molecule has 1 saturated heterocycles. The molecule has 0 radical (unpaired) electrons. The largest absolute Gasteiger partial charge is 0.417 e. The fraction of sp³-hybridized carbons (Fsp3) is 0.533. The highest BCUT2D eigenvalue weighted by Crippen LogP contribution is 2.36. The standard InChI is InChI=1S/C15H15BrF4N2/c16-13-8-14(17)11(7-12(13)15(18,19)20)9-22-5-2-10(1-4-21)3-6-22/h7-8,10H,1-3,5-6,9H2. The van der Waals surface area contributed by atoms with Gasteiger partial charge in [0.2, 0.25) is 0 Å². The van der Waals surface area contributed by atoms with Gasteiger partial charge < -0.3 is 0 Å². The summed E-state index contributed by atoms with van der Waals surface area (Å²) in [5.41, 5.74) is -0.808. The van der Waals surface area contributed by atoms with E-state index < -0.39 is 17.6 Å². The molecule has 120 valence electrons. The first-order valence-electron chi connectivity index (χ1n) is 6.95. The lowest BCUT2D eigenvalue weighted by Gasteiger charge is -2.31.